The summed E-state index contributed by atoms with van der Waals surface area (Å²) >= 11 is 1.94. The molecule has 17 heavy (non-hydrogen) atoms. The van der Waals surface area contributed by atoms with Crippen LogP contribution in [0.2, 0.25) is 0 Å². The van der Waals surface area contributed by atoms with Gasteiger partial charge in [-0.25, -0.2) is 0 Å². The van der Waals surface area contributed by atoms with Crippen LogP contribution < -0.4 is 5.73 Å². The van der Waals surface area contributed by atoms with E-state index >= 15 is 0 Å². The van der Waals surface area contributed by atoms with Crippen molar-refractivity contribution >= 4 is 11.8 Å². The molecule has 0 saturated carbocycles. The molecule has 0 aliphatic carbocycles. The van der Waals surface area contributed by atoms with Crippen LogP contribution in [-0.4, -0.2) is 36.3 Å². The number of hydrogen-bond acceptors (Lipinski definition) is 3. The first-order chi connectivity index (χ1) is 8.24. The normalized spacial score (nSPS) is 21.6. The summed E-state index contributed by atoms with van der Waals surface area (Å²) in [6.45, 7) is 5.59. The van der Waals surface area contributed by atoms with E-state index < -0.39 is 0 Å². The van der Waals surface area contributed by atoms with Gasteiger partial charge in [-0.1, -0.05) is 17.7 Å². The first-order valence-corrected chi connectivity index (χ1v) is 7.40. The highest BCUT2D eigenvalue weighted by Gasteiger charge is 2.15. The minimum absolute atomic E-state index is 0.396. The quantitative estimate of drug-likeness (QED) is 0.833. The second kappa shape index (κ2) is 6.43. The van der Waals surface area contributed by atoms with E-state index in [0.29, 0.717) is 6.04 Å². The Hall–Kier alpha value is -0.510. The number of rotatable bonds is 4. The van der Waals surface area contributed by atoms with Gasteiger partial charge in [0.15, 0.2) is 0 Å². The number of piperidine rings is 1. The number of aryl methyl sites for hydroxylation is 1. The van der Waals surface area contributed by atoms with E-state index in [1.807, 2.05) is 11.8 Å². The zero-order chi connectivity index (χ0) is 12.1. The molecule has 1 atom stereocenters. The summed E-state index contributed by atoms with van der Waals surface area (Å²) in [4.78, 5) is 3.87. The maximum absolute atomic E-state index is 5.98. The molecule has 1 fully saturated rings. The Balaban J connectivity index is 1.70. The Morgan fingerprint density at radius 1 is 1.35 bits per heavy atom. The van der Waals surface area contributed by atoms with Crippen LogP contribution in [-0.2, 0) is 0 Å². The standard InChI is InChI=1S/C14H22N2S/c1-12-4-6-14(7-5-12)17-10-9-16-8-2-3-13(15)11-16/h4-7,13H,2-3,8-11,15H2,1H3/t13-/m1/s1. The van der Waals surface area contributed by atoms with Crippen molar-refractivity contribution in [1.29, 1.82) is 0 Å². The molecule has 1 aliphatic heterocycles. The third-order valence-corrected chi connectivity index (χ3v) is 4.23. The summed E-state index contributed by atoms with van der Waals surface area (Å²) in [7, 11) is 0. The molecule has 1 aliphatic rings. The van der Waals surface area contributed by atoms with Gasteiger partial charge in [-0.3, -0.25) is 0 Å². The predicted molar refractivity (Wildman–Crippen MR) is 75.6 cm³/mol. The summed E-state index contributed by atoms with van der Waals surface area (Å²) in [5.74, 6) is 1.16. The largest absolute Gasteiger partial charge is 0.327 e. The van der Waals surface area contributed by atoms with Crippen molar-refractivity contribution in [2.24, 2.45) is 5.73 Å². The lowest BCUT2D eigenvalue weighted by atomic mass is 10.1. The van der Waals surface area contributed by atoms with Crippen LogP contribution in [0.15, 0.2) is 29.2 Å². The molecule has 1 saturated heterocycles. The molecule has 94 valence electrons. The lowest BCUT2D eigenvalue weighted by Crippen LogP contribution is -2.43. The van der Waals surface area contributed by atoms with Crippen LogP contribution in [0.1, 0.15) is 18.4 Å². The Kier molecular flexibility index (Phi) is 4.89. The summed E-state index contributed by atoms with van der Waals surface area (Å²) in [5, 5.41) is 0. The van der Waals surface area contributed by atoms with Crippen LogP contribution in [0.5, 0.6) is 0 Å². The summed E-state index contributed by atoms with van der Waals surface area (Å²) < 4.78 is 0. The molecule has 0 radical (unpaired) electrons. The second-order valence-corrected chi connectivity index (χ2v) is 6.03. The van der Waals surface area contributed by atoms with Crippen molar-refractivity contribution in [2.75, 3.05) is 25.4 Å². The van der Waals surface area contributed by atoms with Gasteiger partial charge in [-0.2, -0.15) is 0 Å². The highest BCUT2D eigenvalue weighted by Crippen LogP contribution is 2.19. The molecule has 1 heterocycles. The minimum atomic E-state index is 0.396. The zero-order valence-electron chi connectivity index (χ0n) is 10.6. The van der Waals surface area contributed by atoms with E-state index in [2.05, 4.69) is 36.1 Å². The Bertz CT molecular complexity index is 337. The highest BCUT2D eigenvalue weighted by molar-refractivity contribution is 7.99. The topological polar surface area (TPSA) is 29.3 Å². The molecule has 3 heteroatoms. The molecule has 2 N–H and O–H groups in total. The lowest BCUT2D eigenvalue weighted by molar-refractivity contribution is 0.221. The molecule has 0 bridgehead atoms. The molecule has 1 aromatic rings. The monoisotopic (exact) mass is 250 g/mol. The maximum Gasteiger partial charge on any atom is 0.0168 e. The van der Waals surface area contributed by atoms with Gasteiger partial charge in [0.25, 0.3) is 0 Å². The summed E-state index contributed by atoms with van der Waals surface area (Å²) in [5.41, 5.74) is 7.31. The number of nitrogens with zero attached hydrogens (tertiary/aromatic N) is 1. The van der Waals surface area contributed by atoms with Gasteiger partial charge in [-0.15, -0.1) is 11.8 Å². The van der Waals surface area contributed by atoms with Gasteiger partial charge >= 0.3 is 0 Å². The number of nitrogens with two attached hydrogens (primary N) is 1. The summed E-state index contributed by atoms with van der Waals surface area (Å²) in [6, 6.07) is 9.18. The molecule has 0 amide bonds. The molecular formula is C14H22N2S. The average molecular weight is 250 g/mol. The van der Waals surface area contributed by atoms with E-state index in [9.17, 15) is 0 Å². The van der Waals surface area contributed by atoms with Crippen molar-refractivity contribution in [1.82, 2.24) is 4.90 Å². The van der Waals surface area contributed by atoms with Crippen LogP contribution in [0.4, 0.5) is 0 Å². The molecule has 2 nitrogen and oxygen atoms in total. The summed E-state index contributed by atoms with van der Waals surface area (Å²) in [6.07, 6.45) is 2.46. The van der Waals surface area contributed by atoms with E-state index in [0.717, 1.165) is 18.8 Å². The first-order valence-electron chi connectivity index (χ1n) is 6.41. The highest BCUT2D eigenvalue weighted by atomic mass is 32.2. The fourth-order valence-corrected chi connectivity index (χ4v) is 3.14. The van der Waals surface area contributed by atoms with Crippen LogP contribution >= 0.6 is 11.8 Å². The molecule has 0 unspecified atom stereocenters. The molecule has 0 spiro atoms. The third kappa shape index (κ3) is 4.34. The van der Waals surface area contributed by atoms with E-state index in [1.54, 1.807) is 0 Å². The molecular weight excluding hydrogens is 228 g/mol. The van der Waals surface area contributed by atoms with Gasteiger partial charge in [-0.05, 0) is 38.4 Å². The first kappa shape index (κ1) is 12.9. The van der Waals surface area contributed by atoms with E-state index in [4.69, 9.17) is 5.73 Å². The van der Waals surface area contributed by atoms with Gasteiger partial charge in [0.05, 0.1) is 0 Å². The van der Waals surface area contributed by atoms with Crippen molar-refractivity contribution in [2.45, 2.75) is 30.7 Å². The molecule has 0 aromatic heterocycles. The van der Waals surface area contributed by atoms with Crippen LogP contribution in [0.3, 0.4) is 0 Å². The van der Waals surface area contributed by atoms with Crippen LogP contribution in [0, 0.1) is 6.92 Å². The predicted octanol–water partition coefficient (Wildman–Crippen LogP) is 2.51. The second-order valence-electron chi connectivity index (χ2n) is 4.86. The zero-order valence-corrected chi connectivity index (χ0v) is 11.4. The molecule has 2 rings (SSSR count). The van der Waals surface area contributed by atoms with Gasteiger partial charge < -0.3 is 10.6 Å². The minimum Gasteiger partial charge on any atom is -0.327 e. The Morgan fingerprint density at radius 2 is 2.12 bits per heavy atom. The SMILES string of the molecule is Cc1ccc(SCCN2CCC[C@@H](N)C2)cc1. The van der Waals surface area contributed by atoms with Crippen molar-refractivity contribution in [3.63, 3.8) is 0 Å². The average Bonchev–Trinajstić information content (AvgIpc) is 2.32. The van der Waals surface area contributed by atoms with Crippen molar-refractivity contribution in [3.8, 4) is 0 Å². The van der Waals surface area contributed by atoms with Gasteiger partial charge in [0, 0.05) is 29.8 Å². The Morgan fingerprint density at radius 3 is 2.82 bits per heavy atom. The number of thioether (sulfide) groups is 1. The third-order valence-electron chi connectivity index (χ3n) is 3.24. The van der Waals surface area contributed by atoms with Gasteiger partial charge in [0.1, 0.15) is 0 Å². The number of benzene rings is 1. The fourth-order valence-electron chi connectivity index (χ4n) is 2.22. The molecule has 1 aromatic carbocycles. The van der Waals surface area contributed by atoms with Crippen molar-refractivity contribution in [3.05, 3.63) is 29.8 Å². The Labute approximate surface area is 109 Å². The van der Waals surface area contributed by atoms with E-state index in [-0.39, 0.29) is 0 Å². The smallest absolute Gasteiger partial charge is 0.0168 e. The number of likely N-dealkylation sites (tertiary alicyclic amines) is 1. The number of hydrogen-bond donors (Lipinski definition) is 1. The maximum atomic E-state index is 5.98. The van der Waals surface area contributed by atoms with Gasteiger partial charge in [0.2, 0.25) is 0 Å². The van der Waals surface area contributed by atoms with Crippen LogP contribution in [0.25, 0.3) is 0 Å². The van der Waals surface area contributed by atoms with E-state index in [1.165, 1.54) is 29.8 Å². The van der Waals surface area contributed by atoms with Crippen molar-refractivity contribution < 1.29 is 0 Å². The fraction of sp³-hybridized carbons (Fsp3) is 0.571. The lowest BCUT2D eigenvalue weighted by Gasteiger charge is -2.30.